The van der Waals surface area contributed by atoms with Gasteiger partial charge in [0.15, 0.2) is 6.61 Å². The number of alkyl halides is 3. The molecule has 0 unspecified atom stereocenters. The Morgan fingerprint density at radius 3 is 2.61 bits per heavy atom. The highest BCUT2D eigenvalue weighted by molar-refractivity contribution is 5.92. The van der Waals surface area contributed by atoms with Gasteiger partial charge in [-0.15, -0.1) is 0 Å². The van der Waals surface area contributed by atoms with Gasteiger partial charge >= 0.3 is 6.18 Å². The molecule has 0 saturated heterocycles. The molecule has 1 amide bonds. The van der Waals surface area contributed by atoms with Crippen molar-refractivity contribution >= 4 is 11.6 Å². The molecule has 7 heteroatoms. The van der Waals surface area contributed by atoms with Crippen molar-refractivity contribution in [3.63, 3.8) is 0 Å². The number of carbonyl (C=O) groups is 1. The van der Waals surface area contributed by atoms with Gasteiger partial charge in [0, 0.05) is 5.69 Å². The fourth-order valence-corrected chi connectivity index (χ4v) is 1.77. The average Bonchev–Trinajstić information content (AvgIpc) is 2.52. The SMILES string of the molecule is N#Cc1cccc(NC(=O)COc2cccc(C(F)(F)F)c2)c1. The highest BCUT2D eigenvalue weighted by atomic mass is 19.4. The van der Waals surface area contributed by atoms with Crippen molar-refractivity contribution in [3.8, 4) is 11.8 Å². The zero-order valence-electron chi connectivity index (χ0n) is 11.7. The number of carbonyl (C=O) groups excluding carboxylic acids is 1. The number of nitrogens with one attached hydrogen (secondary N) is 1. The Balaban J connectivity index is 1.95. The second-order valence-electron chi connectivity index (χ2n) is 4.56. The third kappa shape index (κ3) is 4.74. The molecule has 4 nitrogen and oxygen atoms in total. The maximum absolute atomic E-state index is 12.6. The second-order valence-corrected chi connectivity index (χ2v) is 4.56. The molecule has 0 radical (unpaired) electrons. The molecule has 118 valence electrons. The minimum Gasteiger partial charge on any atom is -0.484 e. The third-order valence-corrected chi connectivity index (χ3v) is 2.81. The normalized spacial score (nSPS) is 10.7. The number of rotatable bonds is 4. The summed E-state index contributed by atoms with van der Waals surface area (Å²) in [4.78, 5) is 11.7. The number of ether oxygens (including phenoxy) is 1. The summed E-state index contributed by atoms with van der Waals surface area (Å²) in [5.41, 5.74) is -0.0691. The van der Waals surface area contributed by atoms with Gasteiger partial charge in [-0.2, -0.15) is 18.4 Å². The lowest BCUT2D eigenvalue weighted by Crippen LogP contribution is -2.20. The summed E-state index contributed by atoms with van der Waals surface area (Å²) in [6.07, 6.45) is -4.47. The summed E-state index contributed by atoms with van der Waals surface area (Å²) in [6, 6.07) is 12.4. The highest BCUT2D eigenvalue weighted by Crippen LogP contribution is 2.31. The molecule has 0 bridgehead atoms. The predicted octanol–water partition coefficient (Wildman–Crippen LogP) is 3.59. The van der Waals surface area contributed by atoms with Crippen molar-refractivity contribution in [3.05, 3.63) is 59.7 Å². The van der Waals surface area contributed by atoms with E-state index in [1.54, 1.807) is 18.2 Å². The van der Waals surface area contributed by atoms with Gasteiger partial charge in [-0.3, -0.25) is 4.79 Å². The molecular weight excluding hydrogens is 309 g/mol. The van der Waals surface area contributed by atoms with Crippen LogP contribution in [0, 0.1) is 11.3 Å². The first-order valence-electron chi connectivity index (χ1n) is 6.48. The number of anilines is 1. The predicted molar refractivity (Wildman–Crippen MR) is 76.7 cm³/mol. The Hall–Kier alpha value is -3.01. The Bertz CT molecular complexity index is 751. The molecule has 0 aliphatic rings. The Kier molecular flexibility index (Phi) is 4.86. The number of halogens is 3. The van der Waals surface area contributed by atoms with Crippen LogP contribution in [0.1, 0.15) is 11.1 Å². The molecule has 2 aromatic rings. The van der Waals surface area contributed by atoms with E-state index in [4.69, 9.17) is 10.00 Å². The molecule has 1 N–H and O–H groups in total. The van der Waals surface area contributed by atoms with E-state index < -0.39 is 24.3 Å². The van der Waals surface area contributed by atoms with Crippen LogP contribution >= 0.6 is 0 Å². The summed E-state index contributed by atoms with van der Waals surface area (Å²) in [6.45, 7) is -0.446. The lowest BCUT2D eigenvalue weighted by atomic mass is 10.2. The van der Waals surface area contributed by atoms with Gasteiger partial charge in [-0.25, -0.2) is 0 Å². The van der Waals surface area contributed by atoms with Crippen molar-refractivity contribution in [1.29, 1.82) is 5.26 Å². The van der Waals surface area contributed by atoms with E-state index >= 15 is 0 Å². The monoisotopic (exact) mass is 320 g/mol. The lowest BCUT2D eigenvalue weighted by Gasteiger charge is -2.10. The molecule has 2 rings (SSSR count). The summed E-state index contributed by atoms with van der Waals surface area (Å²) in [5.74, 6) is -0.599. The fourth-order valence-electron chi connectivity index (χ4n) is 1.77. The van der Waals surface area contributed by atoms with Crippen molar-refractivity contribution in [1.82, 2.24) is 0 Å². The number of benzene rings is 2. The van der Waals surface area contributed by atoms with Gasteiger partial charge in [-0.05, 0) is 36.4 Å². The van der Waals surface area contributed by atoms with Crippen LogP contribution in [0.15, 0.2) is 48.5 Å². The van der Waals surface area contributed by atoms with Crippen LogP contribution < -0.4 is 10.1 Å². The molecule has 2 aromatic carbocycles. The summed E-state index contributed by atoms with van der Waals surface area (Å²) >= 11 is 0. The maximum Gasteiger partial charge on any atom is 0.416 e. The minimum absolute atomic E-state index is 0.0549. The summed E-state index contributed by atoms with van der Waals surface area (Å²) < 4.78 is 42.7. The highest BCUT2D eigenvalue weighted by Gasteiger charge is 2.30. The van der Waals surface area contributed by atoms with Crippen molar-refractivity contribution in [2.75, 3.05) is 11.9 Å². The average molecular weight is 320 g/mol. The molecule has 0 aliphatic heterocycles. The number of amides is 1. The van der Waals surface area contributed by atoms with Crippen LogP contribution in [0.25, 0.3) is 0 Å². The topological polar surface area (TPSA) is 62.1 Å². The minimum atomic E-state index is -4.47. The molecule has 0 heterocycles. The molecule has 0 fully saturated rings. The lowest BCUT2D eigenvalue weighted by molar-refractivity contribution is -0.137. The number of nitriles is 1. The Morgan fingerprint density at radius 2 is 1.91 bits per heavy atom. The molecular formula is C16H11F3N2O2. The van der Waals surface area contributed by atoms with Crippen LogP contribution in [0.2, 0.25) is 0 Å². The van der Waals surface area contributed by atoms with Crippen molar-refractivity contribution in [2.24, 2.45) is 0 Å². The maximum atomic E-state index is 12.6. The first-order chi connectivity index (χ1) is 10.9. The smallest absolute Gasteiger partial charge is 0.416 e. The number of hydrogen-bond donors (Lipinski definition) is 1. The summed E-state index contributed by atoms with van der Waals surface area (Å²) in [5, 5.41) is 11.3. The fraction of sp³-hybridized carbons (Fsp3) is 0.125. The van der Waals surface area contributed by atoms with Crippen LogP contribution in [0.3, 0.4) is 0 Å². The van der Waals surface area contributed by atoms with Crippen molar-refractivity contribution in [2.45, 2.75) is 6.18 Å². The van der Waals surface area contributed by atoms with Gasteiger partial charge in [0.1, 0.15) is 5.75 Å². The van der Waals surface area contributed by atoms with Crippen molar-refractivity contribution < 1.29 is 22.7 Å². The molecule has 0 aromatic heterocycles. The zero-order valence-corrected chi connectivity index (χ0v) is 11.7. The van der Waals surface area contributed by atoms with Gasteiger partial charge in [0.2, 0.25) is 0 Å². The van der Waals surface area contributed by atoms with Gasteiger partial charge in [-0.1, -0.05) is 12.1 Å². The van der Waals surface area contributed by atoms with Crippen LogP contribution in [-0.4, -0.2) is 12.5 Å². The Morgan fingerprint density at radius 1 is 1.17 bits per heavy atom. The molecule has 0 spiro atoms. The van der Waals surface area contributed by atoms with E-state index in [-0.39, 0.29) is 5.75 Å². The molecule has 0 atom stereocenters. The third-order valence-electron chi connectivity index (χ3n) is 2.81. The standard InChI is InChI=1S/C16H11F3N2O2/c17-16(18,19)12-4-2-6-14(8-12)23-10-15(22)21-13-5-1-3-11(7-13)9-20/h1-8H,10H2,(H,21,22). The van der Waals surface area contributed by atoms with Crippen LogP contribution in [0.4, 0.5) is 18.9 Å². The van der Waals surface area contributed by atoms with Crippen LogP contribution in [-0.2, 0) is 11.0 Å². The summed E-state index contributed by atoms with van der Waals surface area (Å²) in [7, 11) is 0. The van der Waals surface area contributed by atoms with Gasteiger partial charge < -0.3 is 10.1 Å². The molecule has 0 aliphatic carbocycles. The van der Waals surface area contributed by atoms with E-state index in [1.807, 2.05) is 6.07 Å². The zero-order chi connectivity index (χ0) is 16.9. The van der Waals surface area contributed by atoms with E-state index in [0.29, 0.717) is 11.3 Å². The molecule has 23 heavy (non-hydrogen) atoms. The van der Waals surface area contributed by atoms with Crippen LogP contribution in [0.5, 0.6) is 5.75 Å². The van der Waals surface area contributed by atoms with E-state index in [2.05, 4.69) is 5.32 Å². The van der Waals surface area contributed by atoms with E-state index in [9.17, 15) is 18.0 Å². The first kappa shape index (κ1) is 16.4. The Labute approximate surface area is 130 Å². The first-order valence-corrected chi connectivity index (χ1v) is 6.48. The van der Waals surface area contributed by atoms with Gasteiger partial charge in [0.05, 0.1) is 17.2 Å². The number of hydrogen-bond acceptors (Lipinski definition) is 3. The second kappa shape index (κ2) is 6.83. The molecule has 0 saturated carbocycles. The van der Waals surface area contributed by atoms with Gasteiger partial charge in [0.25, 0.3) is 5.91 Å². The van der Waals surface area contributed by atoms with E-state index in [1.165, 1.54) is 18.2 Å². The quantitative estimate of drug-likeness (QED) is 0.936. The number of nitrogens with zero attached hydrogens (tertiary/aromatic N) is 1. The van der Waals surface area contributed by atoms with E-state index in [0.717, 1.165) is 12.1 Å². The largest absolute Gasteiger partial charge is 0.484 e.